The van der Waals surface area contributed by atoms with Crippen molar-refractivity contribution >= 4 is 12.2 Å². The molecule has 1 fully saturated rings. The van der Waals surface area contributed by atoms with Crippen molar-refractivity contribution in [2.45, 2.75) is 26.4 Å². The summed E-state index contributed by atoms with van der Waals surface area (Å²) in [5, 5.41) is 0. The Balaban J connectivity index is 2.01. The Morgan fingerprint density at radius 1 is 1.09 bits per heavy atom. The van der Waals surface area contributed by atoms with Crippen molar-refractivity contribution in [3.8, 4) is 11.5 Å². The minimum absolute atomic E-state index is 0.270. The standard InChI is InChI=1S/C17H23NO4/c1-17(2,3)22-16(19)18-10-13(11-18)6-12-7-14(20-4)9-15(8-12)21-5/h6-9H,10-11H2,1-5H3. The summed E-state index contributed by atoms with van der Waals surface area (Å²) in [5.74, 6) is 1.49. The summed E-state index contributed by atoms with van der Waals surface area (Å²) >= 11 is 0. The molecule has 0 atom stereocenters. The molecular formula is C17H23NO4. The predicted molar refractivity (Wildman–Crippen MR) is 85.3 cm³/mol. The van der Waals surface area contributed by atoms with Gasteiger partial charge < -0.3 is 19.1 Å². The summed E-state index contributed by atoms with van der Waals surface area (Å²) in [6.45, 7) is 6.78. The molecule has 0 N–H and O–H groups in total. The Morgan fingerprint density at radius 2 is 1.64 bits per heavy atom. The van der Waals surface area contributed by atoms with E-state index in [0.29, 0.717) is 13.1 Å². The summed E-state index contributed by atoms with van der Waals surface area (Å²) in [6, 6.07) is 5.70. The number of rotatable bonds is 3. The fourth-order valence-electron chi connectivity index (χ4n) is 2.14. The van der Waals surface area contributed by atoms with Crippen molar-refractivity contribution in [2.24, 2.45) is 0 Å². The van der Waals surface area contributed by atoms with Crippen LogP contribution in [0, 0.1) is 0 Å². The molecule has 1 aliphatic heterocycles. The maximum absolute atomic E-state index is 11.9. The van der Waals surface area contributed by atoms with Crippen molar-refractivity contribution in [1.29, 1.82) is 0 Å². The van der Waals surface area contributed by atoms with Crippen LogP contribution in [0.3, 0.4) is 0 Å². The van der Waals surface area contributed by atoms with Crippen LogP contribution in [0.15, 0.2) is 23.8 Å². The van der Waals surface area contributed by atoms with Gasteiger partial charge in [0, 0.05) is 19.2 Å². The van der Waals surface area contributed by atoms with Gasteiger partial charge in [-0.2, -0.15) is 0 Å². The van der Waals surface area contributed by atoms with Gasteiger partial charge in [0.05, 0.1) is 14.2 Å². The quantitative estimate of drug-likeness (QED) is 0.859. The van der Waals surface area contributed by atoms with E-state index in [4.69, 9.17) is 14.2 Å². The molecule has 2 rings (SSSR count). The zero-order valence-corrected chi connectivity index (χ0v) is 13.8. The third-order valence-corrected chi connectivity index (χ3v) is 3.18. The molecule has 0 unspecified atom stereocenters. The number of amides is 1. The average molecular weight is 305 g/mol. The molecular weight excluding hydrogens is 282 g/mol. The van der Waals surface area contributed by atoms with Gasteiger partial charge in [-0.05, 0) is 44.0 Å². The average Bonchev–Trinajstić information content (AvgIpc) is 2.39. The van der Waals surface area contributed by atoms with E-state index >= 15 is 0 Å². The number of benzene rings is 1. The number of likely N-dealkylation sites (tertiary alicyclic amines) is 1. The third-order valence-electron chi connectivity index (χ3n) is 3.18. The van der Waals surface area contributed by atoms with E-state index in [9.17, 15) is 4.79 Å². The lowest BCUT2D eigenvalue weighted by molar-refractivity contribution is 0.0216. The minimum atomic E-state index is -0.462. The molecule has 5 heteroatoms. The second-order valence-corrected chi connectivity index (χ2v) is 6.28. The predicted octanol–water partition coefficient (Wildman–Crippen LogP) is 3.34. The molecule has 1 aromatic rings. The number of carbonyl (C=O) groups is 1. The topological polar surface area (TPSA) is 48.0 Å². The van der Waals surface area contributed by atoms with Crippen LogP contribution >= 0.6 is 0 Å². The van der Waals surface area contributed by atoms with E-state index in [2.05, 4.69) is 0 Å². The smallest absolute Gasteiger partial charge is 0.410 e. The van der Waals surface area contributed by atoms with Crippen molar-refractivity contribution in [3.63, 3.8) is 0 Å². The van der Waals surface area contributed by atoms with Crippen LogP contribution in [0.1, 0.15) is 26.3 Å². The Hall–Kier alpha value is -2.17. The number of methoxy groups -OCH3 is 2. The fraction of sp³-hybridized carbons (Fsp3) is 0.471. The monoisotopic (exact) mass is 305 g/mol. The van der Waals surface area contributed by atoms with E-state index < -0.39 is 5.60 Å². The zero-order valence-electron chi connectivity index (χ0n) is 13.8. The first kappa shape index (κ1) is 16.2. The highest BCUT2D eigenvalue weighted by Gasteiger charge is 2.29. The normalized spacial score (nSPS) is 14.2. The molecule has 5 nitrogen and oxygen atoms in total. The Morgan fingerprint density at radius 3 is 2.09 bits per heavy atom. The van der Waals surface area contributed by atoms with Gasteiger partial charge in [-0.25, -0.2) is 4.79 Å². The first-order valence-corrected chi connectivity index (χ1v) is 7.21. The summed E-state index contributed by atoms with van der Waals surface area (Å²) in [7, 11) is 3.25. The van der Waals surface area contributed by atoms with Gasteiger partial charge in [-0.15, -0.1) is 0 Å². The van der Waals surface area contributed by atoms with Crippen molar-refractivity contribution in [1.82, 2.24) is 4.90 Å². The second kappa shape index (κ2) is 6.30. The highest BCUT2D eigenvalue weighted by Crippen LogP contribution is 2.26. The molecule has 1 aliphatic rings. The molecule has 1 amide bonds. The molecule has 1 saturated heterocycles. The number of carbonyl (C=O) groups excluding carboxylic acids is 1. The Labute approximate surface area is 131 Å². The lowest BCUT2D eigenvalue weighted by Crippen LogP contribution is -2.46. The number of nitrogens with zero attached hydrogens (tertiary/aromatic N) is 1. The molecule has 0 aliphatic carbocycles. The summed E-state index contributed by atoms with van der Waals surface area (Å²) in [4.78, 5) is 13.6. The zero-order chi connectivity index (χ0) is 16.3. The second-order valence-electron chi connectivity index (χ2n) is 6.28. The van der Waals surface area contributed by atoms with Crippen molar-refractivity contribution in [2.75, 3.05) is 27.3 Å². The fourth-order valence-corrected chi connectivity index (χ4v) is 2.14. The van der Waals surface area contributed by atoms with Crippen molar-refractivity contribution in [3.05, 3.63) is 29.3 Å². The van der Waals surface area contributed by atoms with E-state index in [1.54, 1.807) is 19.1 Å². The van der Waals surface area contributed by atoms with Gasteiger partial charge in [0.25, 0.3) is 0 Å². The molecule has 0 spiro atoms. The van der Waals surface area contributed by atoms with E-state index in [1.165, 1.54) is 5.57 Å². The highest BCUT2D eigenvalue weighted by molar-refractivity contribution is 5.72. The molecule has 0 saturated carbocycles. The maximum atomic E-state index is 11.9. The SMILES string of the molecule is COc1cc(C=C2CN(C(=O)OC(C)(C)C)C2)cc(OC)c1. The molecule has 22 heavy (non-hydrogen) atoms. The van der Waals surface area contributed by atoms with E-state index in [1.807, 2.05) is 45.0 Å². The maximum Gasteiger partial charge on any atom is 0.410 e. The van der Waals surface area contributed by atoms with Crippen LogP contribution in [0.5, 0.6) is 11.5 Å². The van der Waals surface area contributed by atoms with Gasteiger partial charge in [-0.1, -0.05) is 6.08 Å². The largest absolute Gasteiger partial charge is 0.497 e. The van der Waals surface area contributed by atoms with E-state index in [-0.39, 0.29) is 6.09 Å². The highest BCUT2D eigenvalue weighted by atomic mass is 16.6. The summed E-state index contributed by atoms with van der Waals surface area (Å²) in [6.07, 6.45) is 1.78. The van der Waals surface area contributed by atoms with Crippen LogP contribution in [0.25, 0.3) is 6.08 Å². The first-order chi connectivity index (χ1) is 10.3. The van der Waals surface area contributed by atoms with Gasteiger partial charge >= 0.3 is 6.09 Å². The lowest BCUT2D eigenvalue weighted by atomic mass is 10.0. The molecule has 0 radical (unpaired) electrons. The van der Waals surface area contributed by atoms with Gasteiger partial charge in [0.1, 0.15) is 17.1 Å². The molecule has 0 aromatic heterocycles. The molecule has 1 heterocycles. The Kier molecular flexibility index (Phi) is 4.64. The molecule has 120 valence electrons. The van der Waals surface area contributed by atoms with Gasteiger partial charge in [0.2, 0.25) is 0 Å². The van der Waals surface area contributed by atoms with Crippen LogP contribution < -0.4 is 9.47 Å². The first-order valence-electron chi connectivity index (χ1n) is 7.21. The van der Waals surface area contributed by atoms with E-state index in [0.717, 1.165) is 17.1 Å². The molecule has 0 bridgehead atoms. The number of hydrogen-bond acceptors (Lipinski definition) is 4. The van der Waals surface area contributed by atoms with Crippen LogP contribution in [0.2, 0.25) is 0 Å². The van der Waals surface area contributed by atoms with Gasteiger partial charge in [0.15, 0.2) is 0 Å². The van der Waals surface area contributed by atoms with Gasteiger partial charge in [-0.3, -0.25) is 0 Å². The number of ether oxygens (including phenoxy) is 3. The summed E-state index contributed by atoms with van der Waals surface area (Å²) in [5.41, 5.74) is 1.70. The van der Waals surface area contributed by atoms with Crippen LogP contribution in [0.4, 0.5) is 4.79 Å². The Bertz CT molecular complexity index is 557. The van der Waals surface area contributed by atoms with Crippen LogP contribution in [-0.2, 0) is 4.74 Å². The lowest BCUT2D eigenvalue weighted by Gasteiger charge is -2.35. The van der Waals surface area contributed by atoms with Crippen molar-refractivity contribution < 1.29 is 19.0 Å². The third kappa shape index (κ3) is 4.16. The summed E-state index contributed by atoms with van der Waals surface area (Å²) < 4.78 is 15.8. The number of hydrogen-bond donors (Lipinski definition) is 0. The minimum Gasteiger partial charge on any atom is -0.497 e. The molecule has 1 aromatic carbocycles. The van der Waals surface area contributed by atoms with Crippen LogP contribution in [-0.4, -0.2) is 43.9 Å².